The summed E-state index contributed by atoms with van der Waals surface area (Å²) in [5.41, 5.74) is 0.0573. The first-order chi connectivity index (χ1) is 12.8. The van der Waals surface area contributed by atoms with Gasteiger partial charge in [0.2, 0.25) is 5.91 Å². The lowest BCUT2D eigenvalue weighted by Gasteiger charge is -2.08. The van der Waals surface area contributed by atoms with Gasteiger partial charge in [0.25, 0.3) is 5.91 Å². The molecule has 0 aliphatic rings. The zero-order valence-corrected chi connectivity index (χ0v) is 15.0. The first-order valence-electron chi connectivity index (χ1n) is 7.40. The highest BCUT2D eigenvalue weighted by molar-refractivity contribution is 6.36. The molecule has 2 rings (SSSR count). The fraction of sp³-hybridized carbons (Fsp3) is 0.118. The second-order valence-electron chi connectivity index (χ2n) is 5.15. The molecule has 0 fully saturated rings. The van der Waals surface area contributed by atoms with Gasteiger partial charge in [0, 0.05) is 16.8 Å². The number of ether oxygens (including phenoxy) is 1. The summed E-state index contributed by atoms with van der Waals surface area (Å²) in [4.78, 5) is 35.2. The third kappa shape index (κ3) is 6.19. The van der Waals surface area contributed by atoms with Crippen LogP contribution >= 0.6 is 23.2 Å². The van der Waals surface area contributed by atoms with Gasteiger partial charge in [0.1, 0.15) is 0 Å². The number of halogens is 4. The Balaban J connectivity index is 1.77. The van der Waals surface area contributed by atoms with Gasteiger partial charge in [-0.05, 0) is 30.3 Å². The van der Waals surface area contributed by atoms with Crippen LogP contribution in [0.3, 0.4) is 0 Å². The molecule has 0 aliphatic carbocycles. The number of carbonyl (C=O) groups excluding carboxylic acids is 3. The van der Waals surface area contributed by atoms with Crippen molar-refractivity contribution in [2.45, 2.75) is 0 Å². The molecule has 2 aromatic rings. The predicted octanol–water partition coefficient (Wildman–Crippen LogP) is 3.18. The third-order valence-corrected chi connectivity index (χ3v) is 3.68. The van der Waals surface area contributed by atoms with E-state index >= 15 is 0 Å². The smallest absolute Gasteiger partial charge is 0.340 e. The molecule has 10 heteroatoms. The minimum Gasteiger partial charge on any atom is -0.452 e. The van der Waals surface area contributed by atoms with Gasteiger partial charge in [-0.1, -0.05) is 23.2 Å². The number of anilines is 1. The van der Waals surface area contributed by atoms with Gasteiger partial charge in [0.05, 0.1) is 17.1 Å². The van der Waals surface area contributed by atoms with Crippen LogP contribution in [-0.4, -0.2) is 30.9 Å². The van der Waals surface area contributed by atoms with E-state index in [1.165, 1.54) is 18.2 Å². The standard InChI is InChI=1S/C17H12Cl2F2N2O4/c18-9-1-3-11(12(19)5-9)17(26)27-8-16(25)22-7-15(24)23-10-2-4-13(20)14(21)6-10/h1-6H,7-8H2,(H,22,25)(H,23,24). The number of rotatable bonds is 6. The summed E-state index contributed by atoms with van der Waals surface area (Å²) < 4.78 is 30.6. The average Bonchev–Trinajstić information content (AvgIpc) is 2.61. The van der Waals surface area contributed by atoms with Crippen molar-refractivity contribution in [1.29, 1.82) is 0 Å². The van der Waals surface area contributed by atoms with E-state index in [0.717, 1.165) is 18.2 Å². The Labute approximate surface area is 162 Å². The fourth-order valence-electron chi connectivity index (χ4n) is 1.87. The van der Waals surface area contributed by atoms with E-state index in [9.17, 15) is 23.2 Å². The summed E-state index contributed by atoms with van der Waals surface area (Å²) >= 11 is 11.6. The molecular formula is C17H12Cl2F2N2O4. The molecule has 142 valence electrons. The van der Waals surface area contributed by atoms with Crippen molar-refractivity contribution in [2.75, 3.05) is 18.5 Å². The Morgan fingerprint density at radius 1 is 0.963 bits per heavy atom. The number of nitrogens with one attached hydrogen (secondary N) is 2. The summed E-state index contributed by atoms with van der Waals surface area (Å²) in [6, 6.07) is 6.95. The van der Waals surface area contributed by atoms with Crippen LogP contribution < -0.4 is 10.6 Å². The Morgan fingerprint density at radius 3 is 2.37 bits per heavy atom. The second-order valence-corrected chi connectivity index (χ2v) is 6.00. The van der Waals surface area contributed by atoms with E-state index in [1.807, 2.05) is 0 Å². The molecule has 0 aromatic heterocycles. The summed E-state index contributed by atoms with van der Waals surface area (Å²) in [7, 11) is 0. The Morgan fingerprint density at radius 2 is 1.70 bits per heavy atom. The van der Waals surface area contributed by atoms with Crippen molar-refractivity contribution in [3.8, 4) is 0 Å². The van der Waals surface area contributed by atoms with E-state index in [1.54, 1.807) is 0 Å². The normalized spacial score (nSPS) is 10.2. The lowest BCUT2D eigenvalue weighted by atomic mass is 10.2. The quantitative estimate of drug-likeness (QED) is 0.708. The minimum atomic E-state index is -1.12. The fourth-order valence-corrected chi connectivity index (χ4v) is 2.36. The van der Waals surface area contributed by atoms with Crippen LogP contribution in [0.2, 0.25) is 10.0 Å². The molecular weight excluding hydrogens is 405 g/mol. The van der Waals surface area contributed by atoms with Crippen LogP contribution in [0, 0.1) is 11.6 Å². The highest BCUT2D eigenvalue weighted by atomic mass is 35.5. The molecule has 0 atom stereocenters. The SMILES string of the molecule is O=C(COC(=O)c1ccc(Cl)cc1Cl)NCC(=O)Nc1ccc(F)c(F)c1. The zero-order chi connectivity index (χ0) is 20.0. The Bertz CT molecular complexity index is 893. The summed E-state index contributed by atoms with van der Waals surface area (Å²) in [5.74, 6) is -4.43. The largest absolute Gasteiger partial charge is 0.452 e. The maximum atomic E-state index is 13.0. The highest BCUT2D eigenvalue weighted by Crippen LogP contribution is 2.21. The van der Waals surface area contributed by atoms with Crippen LogP contribution in [0.25, 0.3) is 0 Å². The Hall–Kier alpha value is -2.71. The van der Waals surface area contributed by atoms with Crippen molar-refractivity contribution >= 4 is 46.7 Å². The van der Waals surface area contributed by atoms with E-state index in [0.29, 0.717) is 5.02 Å². The third-order valence-electron chi connectivity index (χ3n) is 3.13. The van der Waals surface area contributed by atoms with Gasteiger partial charge in [-0.15, -0.1) is 0 Å². The number of amides is 2. The first-order valence-corrected chi connectivity index (χ1v) is 8.15. The lowest BCUT2D eigenvalue weighted by Crippen LogP contribution is -2.35. The van der Waals surface area contributed by atoms with Crippen molar-refractivity contribution < 1.29 is 27.9 Å². The minimum absolute atomic E-state index is 0.0250. The molecule has 0 heterocycles. The molecule has 0 radical (unpaired) electrons. The molecule has 0 saturated heterocycles. The van der Waals surface area contributed by atoms with Crippen LogP contribution in [0.15, 0.2) is 36.4 Å². The summed E-state index contributed by atoms with van der Waals surface area (Å²) in [5, 5.41) is 4.88. The number of hydrogen-bond acceptors (Lipinski definition) is 4. The molecule has 0 unspecified atom stereocenters. The van der Waals surface area contributed by atoms with Crippen LogP contribution in [0.4, 0.5) is 14.5 Å². The van der Waals surface area contributed by atoms with Crippen LogP contribution in [-0.2, 0) is 14.3 Å². The molecule has 6 nitrogen and oxygen atoms in total. The van der Waals surface area contributed by atoms with Crippen molar-refractivity contribution in [2.24, 2.45) is 0 Å². The molecule has 0 aliphatic heterocycles. The van der Waals surface area contributed by atoms with Gasteiger partial charge < -0.3 is 15.4 Å². The van der Waals surface area contributed by atoms with Crippen molar-refractivity contribution in [3.05, 3.63) is 63.6 Å². The van der Waals surface area contributed by atoms with E-state index in [4.69, 9.17) is 27.9 Å². The van der Waals surface area contributed by atoms with Gasteiger partial charge >= 0.3 is 5.97 Å². The molecule has 2 aromatic carbocycles. The number of benzene rings is 2. The molecule has 0 bridgehead atoms. The average molecular weight is 417 g/mol. The van der Waals surface area contributed by atoms with Gasteiger partial charge in [-0.25, -0.2) is 13.6 Å². The number of esters is 1. The van der Waals surface area contributed by atoms with Gasteiger partial charge in [-0.2, -0.15) is 0 Å². The lowest BCUT2D eigenvalue weighted by molar-refractivity contribution is -0.126. The Kier molecular flexibility index (Phi) is 7.09. The first kappa shape index (κ1) is 20.6. The number of hydrogen-bond donors (Lipinski definition) is 2. The van der Waals surface area contributed by atoms with Crippen molar-refractivity contribution in [1.82, 2.24) is 5.32 Å². The zero-order valence-electron chi connectivity index (χ0n) is 13.5. The molecule has 0 saturated carbocycles. The molecule has 0 spiro atoms. The molecule has 27 heavy (non-hydrogen) atoms. The van der Waals surface area contributed by atoms with E-state index < -0.39 is 42.6 Å². The monoisotopic (exact) mass is 416 g/mol. The number of carbonyl (C=O) groups is 3. The maximum Gasteiger partial charge on any atom is 0.340 e. The predicted molar refractivity (Wildman–Crippen MR) is 94.7 cm³/mol. The van der Waals surface area contributed by atoms with E-state index in [2.05, 4.69) is 10.6 Å². The highest BCUT2D eigenvalue weighted by Gasteiger charge is 2.14. The summed E-state index contributed by atoms with van der Waals surface area (Å²) in [6.45, 7) is -1.10. The van der Waals surface area contributed by atoms with Gasteiger partial charge in [0.15, 0.2) is 18.2 Å². The molecule has 2 N–H and O–H groups in total. The van der Waals surface area contributed by atoms with Crippen LogP contribution in [0.5, 0.6) is 0 Å². The molecule has 2 amide bonds. The maximum absolute atomic E-state index is 13.0. The van der Waals surface area contributed by atoms with E-state index in [-0.39, 0.29) is 16.3 Å². The van der Waals surface area contributed by atoms with Crippen LogP contribution in [0.1, 0.15) is 10.4 Å². The summed E-state index contributed by atoms with van der Waals surface area (Å²) in [6.07, 6.45) is 0. The van der Waals surface area contributed by atoms with Gasteiger partial charge in [-0.3, -0.25) is 9.59 Å². The second kappa shape index (κ2) is 9.29. The van der Waals surface area contributed by atoms with Crippen molar-refractivity contribution in [3.63, 3.8) is 0 Å². The topological polar surface area (TPSA) is 84.5 Å².